The Morgan fingerprint density at radius 3 is 2.95 bits per heavy atom. The van der Waals surface area contributed by atoms with Crippen LogP contribution in [0.1, 0.15) is 23.2 Å². The topological polar surface area (TPSA) is 41.1 Å². The Balaban J connectivity index is 0.00000180. The predicted octanol–water partition coefficient (Wildman–Crippen LogP) is 2.97. The summed E-state index contributed by atoms with van der Waals surface area (Å²) in [5, 5.41) is 6.82. The van der Waals surface area contributed by atoms with E-state index in [-0.39, 0.29) is 24.4 Å². The number of amides is 1. The zero-order chi connectivity index (χ0) is 13.0. The van der Waals surface area contributed by atoms with Gasteiger partial charge in [0.2, 0.25) is 0 Å². The van der Waals surface area contributed by atoms with Crippen molar-refractivity contribution in [1.82, 2.24) is 10.6 Å². The van der Waals surface area contributed by atoms with Crippen molar-refractivity contribution < 1.29 is 4.79 Å². The highest BCUT2D eigenvalue weighted by atomic mass is 35.5. The van der Waals surface area contributed by atoms with Gasteiger partial charge in [0.05, 0.1) is 10.6 Å². The van der Waals surface area contributed by atoms with Gasteiger partial charge >= 0.3 is 0 Å². The van der Waals surface area contributed by atoms with E-state index in [0.29, 0.717) is 10.6 Å². The smallest absolute Gasteiger partial charge is 0.253 e. The molecule has 0 radical (unpaired) electrons. The monoisotopic (exact) mass is 320 g/mol. The van der Waals surface area contributed by atoms with E-state index in [1.54, 1.807) is 17.8 Å². The molecule has 1 fully saturated rings. The molecule has 1 heterocycles. The van der Waals surface area contributed by atoms with Crippen molar-refractivity contribution in [2.75, 3.05) is 19.3 Å². The first-order chi connectivity index (χ1) is 8.70. The van der Waals surface area contributed by atoms with Crippen molar-refractivity contribution in [3.05, 3.63) is 28.8 Å². The fourth-order valence-electron chi connectivity index (χ4n) is 2.04. The Labute approximate surface area is 129 Å². The summed E-state index contributed by atoms with van der Waals surface area (Å²) in [5.41, 5.74) is 0.564. The van der Waals surface area contributed by atoms with Crippen molar-refractivity contribution in [2.45, 2.75) is 23.8 Å². The number of piperidine rings is 1. The second-order valence-electron chi connectivity index (χ2n) is 4.36. The minimum absolute atomic E-state index is 0. The highest BCUT2D eigenvalue weighted by Crippen LogP contribution is 2.23. The molecule has 0 aliphatic carbocycles. The van der Waals surface area contributed by atoms with E-state index in [4.69, 9.17) is 11.6 Å². The summed E-state index contributed by atoms with van der Waals surface area (Å²) >= 11 is 7.68. The Hall–Kier alpha value is -0.420. The number of carbonyl (C=O) groups excluding carboxylic acids is 1. The maximum Gasteiger partial charge on any atom is 0.253 e. The minimum atomic E-state index is -0.0791. The standard InChI is InChI=1S/C13H17ClN2OS.ClH/c1-18-10-4-5-12(14)11(7-10)13(17)16-9-3-2-6-15-8-9;/h4-5,7,9,15H,2-3,6,8H2,1H3,(H,16,17);1H/t9-;/m0./s1. The van der Waals surface area contributed by atoms with Crippen LogP contribution in [0.25, 0.3) is 0 Å². The van der Waals surface area contributed by atoms with Crippen molar-refractivity contribution in [3.63, 3.8) is 0 Å². The predicted molar refractivity (Wildman–Crippen MR) is 83.8 cm³/mol. The second-order valence-corrected chi connectivity index (χ2v) is 5.65. The third-order valence-corrected chi connectivity index (χ3v) is 4.11. The zero-order valence-electron chi connectivity index (χ0n) is 10.7. The minimum Gasteiger partial charge on any atom is -0.348 e. The molecular weight excluding hydrogens is 303 g/mol. The number of hydrogen-bond acceptors (Lipinski definition) is 3. The number of carbonyl (C=O) groups is 1. The summed E-state index contributed by atoms with van der Waals surface area (Å²) in [6.07, 6.45) is 4.11. The van der Waals surface area contributed by atoms with Crippen LogP contribution in [0.2, 0.25) is 5.02 Å². The number of nitrogens with one attached hydrogen (secondary N) is 2. The van der Waals surface area contributed by atoms with Gasteiger partial charge in [-0.1, -0.05) is 11.6 Å². The largest absolute Gasteiger partial charge is 0.348 e. The van der Waals surface area contributed by atoms with Crippen molar-refractivity contribution >= 4 is 41.7 Å². The van der Waals surface area contributed by atoms with E-state index in [9.17, 15) is 4.79 Å². The zero-order valence-corrected chi connectivity index (χ0v) is 13.1. The summed E-state index contributed by atoms with van der Waals surface area (Å²) in [6, 6.07) is 5.76. The number of hydrogen-bond donors (Lipinski definition) is 2. The van der Waals surface area contributed by atoms with Crippen LogP contribution in [0.4, 0.5) is 0 Å². The molecule has 1 saturated heterocycles. The fraction of sp³-hybridized carbons (Fsp3) is 0.462. The summed E-state index contributed by atoms with van der Waals surface area (Å²) < 4.78 is 0. The number of benzene rings is 1. The van der Waals surface area contributed by atoms with Gasteiger partial charge in [-0.05, 0) is 43.8 Å². The van der Waals surface area contributed by atoms with Crippen LogP contribution >= 0.6 is 35.8 Å². The van der Waals surface area contributed by atoms with Gasteiger partial charge in [0, 0.05) is 17.5 Å². The van der Waals surface area contributed by atoms with Crippen LogP contribution in [0.15, 0.2) is 23.1 Å². The molecule has 1 aliphatic rings. The quantitative estimate of drug-likeness (QED) is 0.841. The van der Waals surface area contributed by atoms with Gasteiger partial charge in [-0.25, -0.2) is 0 Å². The van der Waals surface area contributed by atoms with Crippen LogP contribution in [-0.4, -0.2) is 31.3 Å². The van der Waals surface area contributed by atoms with Gasteiger partial charge in [0.1, 0.15) is 0 Å². The molecule has 1 aliphatic heterocycles. The fourth-order valence-corrected chi connectivity index (χ4v) is 2.69. The molecule has 1 aromatic carbocycles. The Morgan fingerprint density at radius 2 is 2.32 bits per heavy atom. The van der Waals surface area contributed by atoms with Crippen molar-refractivity contribution in [2.24, 2.45) is 0 Å². The lowest BCUT2D eigenvalue weighted by atomic mass is 10.1. The maximum absolute atomic E-state index is 12.2. The van der Waals surface area contributed by atoms with Crippen LogP contribution in [0.5, 0.6) is 0 Å². The third kappa shape index (κ3) is 4.56. The van der Waals surface area contributed by atoms with Crippen LogP contribution in [0, 0.1) is 0 Å². The number of thioether (sulfide) groups is 1. The van der Waals surface area contributed by atoms with Gasteiger partial charge < -0.3 is 10.6 Å². The Kier molecular flexibility index (Phi) is 7.00. The SMILES string of the molecule is CSc1ccc(Cl)c(C(=O)N[C@H]2CCCNC2)c1.Cl. The van der Waals surface area contributed by atoms with Crippen LogP contribution in [-0.2, 0) is 0 Å². The molecule has 0 saturated carbocycles. The van der Waals surface area contributed by atoms with E-state index >= 15 is 0 Å². The normalized spacial score (nSPS) is 18.5. The van der Waals surface area contributed by atoms with Crippen LogP contribution < -0.4 is 10.6 Å². The molecule has 1 amide bonds. The highest BCUT2D eigenvalue weighted by molar-refractivity contribution is 7.98. The third-order valence-electron chi connectivity index (χ3n) is 3.05. The average Bonchev–Trinajstić information content (AvgIpc) is 2.40. The van der Waals surface area contributed by atoms with Gasteiger partial charge in [-0.3, -0.25) is 4.79 Å². The van der Waals surface area contributed by atoms with Crippen molar-refractivity contribution in [3.8, 4) is 0 Å². The molecule has 6 heteroatoms. The van der Waals surface area contributed by atoms with Gasteiger partial charge in [0.15, 0.2) is 0 Å². The molecule has 0 aromatic heterocycles. The average molecular weight is 321 g/mol. The second kappa shape index (κ2) is 8.00. The van der Waals surface area contributed by atoms with E-state index < -0.39 is 0 Å². The Bertz CT molecular complexity index is 437. The Morgan fingerprint density at radius 1 is 1.53 bits per heavy atom. The summed E-state index contributed by atoms with van der Waals surface area (Å²) in [7, 11) is 0. The molecule has 0 unspecified atom stereocenters. The molecule has 1 atom stereocenters. The first kappa shape index (κ1) is 16.6. The summed E-state index contributed by atoms with van der Waals surface area (Å²) in [6.45, 7) is 1.88. The lowest BCUT2D eigenvalue weighted by Gasteiger charge is -2.24. The van der Waals surface area contributed by atoms with Crippen LogP contribution in [0.3, 0.4) is 0 Å². The lowest BCUT2D eigenvalue weighted by molar-refractivity contribution is 0.0930. The molecule has 0 spiro atoms. The first-order valence-electron chi connectivity index (χ1n) is 6.06. The first-order valence-corrected chi connectivity index (χ1v) is 7.66. The van der Waals surface area contributed by atoms with E-state index in [1.807, 2.05) is 18.4 Å². The lowest BCUT2D eigenvalue weighted by Crippen LogP contribution is -2.45. The molecule has 2 rings (SSSR count). The maximum atomic E-state index is 12.2. The van der Waals surface area contributed by atoms with Gasteiger partial charge in [0.25, 0.3) is 5.91 Å². The highest BCUT2D eigenvalue weighted by Gasteiger charge is 2.18. The number of rotatable bonds is 3. The summed E-state index contributed by atoms with van der Waals surface area (Å²) in [4.78, 5) is 13.2. The number of halogens is 2. The van der Waals surface area contributed by atoms with E-state index in [0.717, 1.165) is 30.8 Å². The van der Waals surface area contributed by atoms with E-state index in [1.165, 1.54) is 0 Å². The van der Waals surface area contributed by atoms with Gasteiger partial charge in [-0.15, -0.1) is 24.2 Å². The summed E-state index contributed by atoms with van der Waals surface area (Å²) in [5.74, 6) is -0.0791. The molecule has 106 valence electrons. The molecule has 2 N–H and O–H groups in total. The molecule has 1 aromatic rings. The molecule has 0 bridgehead atoms. The molecular formula is C13H18Cl2N2OS. The molecule has 19 heavy (non-hydrogen) atoms. The van der Waals surface area contributed by atoms with Gasteiger partial charge in [-0.2, -0.15) is 0 Å². The van der Waals surface area contributed by atoms with E-state index in [2.05, 4.69) is 10.6 Å². The molecule has 3 nitrogen and oxygen atoms in total. The van der Waals surface area contributed by atoms with Crippen molar-refractivity contribution in [1.29, 1.82) is 0 Å².